The molecule has 0 spiro atoms. The van der Waals surface area contributed by atoms with Gasteiger partial charge in [0.2, 0.25) is 5.91 Å². The molecule has 0 N–H and O–H groups in total. The number of rotatable bonds is 7. The van der Waals surface area contributed by atoms with Gasteiger partial charge in [0.15, 0.2) is 0 Å². The standard InChI is InChI=1S/C22H27ClN2O3/c1-27-20-9-7-18(8-10-20)15-24-11-4-12-25(14-13-24)22(26)17-28-16-19-5-2-3-6-21(19)23/h2-3,5-10H,4,11-17H2,1H3. The fourth-order valence-corrected chi connectivity index (χ4v) is 3.51. The predicted molar refractivity (Wildman–Crippen MR) is 111 cm³/mol. The number of hydrogen-bond acceptors (Lipinski definition) is 4. The molecule has 2 aromatic rings. The number of nitrogens with zero attached hydrogens (tertiary/aromatic N) is 2. The molecule has 1 heterocycles. The maximum atomic E-state index is 12.5. The maximum Gasteiger partial charge on any atom is 0.248 e. The van der Waals surface area contributed by atoms with Crippen molar-refractivity contribution in [3.63, 3.8) is 0 Å². The fraction of sp³-hybridized carbons (Fsp3) is 0.409. The summed E-state index contributed by atoms with van der Waals surface area (Å²) in [4.78, 5) is 16.8. The molecule has 3 rings (SSSR count). The Morgan fingerprint density at radius 3 is 2.57 bits per heavy atom. The van der Waals surface area contributed by atoms with Gasteiger partial charge in [0.05, 0.1) is 13.7 Å². The number of hydrogen-bond donors (Lipinski definition) is 0. The first-order chi connectivity index (χ1) is 13.7. The van der Waals surface area contributed by atoms with E-state index < -0.39 is 0 Å². The SMILES string of the molecule is COc1ccc(CN2CCCN(C(=O)COCc3ccccc3Cl)CC2)cc1. The van der Waals surface area contributed by atoms with E-state index in [2.05, 4.69) is 17.0 Å². The van der Waals surface area contributed by atoms with Gasteiger partial charge in [-0.25, -0.2) is 0 Å². The summed E-state index contributed by atoms with van der Waals surface area (Å²) in [6, 6.07) is 15.7. The van der Waals surface area contributed by atoms with E-state index in [4.69, 9.17) is 21.1 Å². The maximum absolute atomic E-state index is 12.5. The van der Waals surface area contributed by atoms with Crippen molar-refractivity contribution in [2.75, 3.05) is 39.9 Å². The smallest absolute Gasteiger partial charge is 0.248 e. The Hall–Kier alpha value is -2.08. The lowest BCUT2D eigenvalue weighted by atomic mass is 10.2. The number of halogens is 1. The highest BCUT2D eigenvalue weighted by molar-refractivity contribution is 6.31. The normalized spacial score (nSPS) is 15.3. The minimum Gasteiger partial charge on any atom is -0.497 e. The molecule has 0 atom stereocenters. The second-order valence-electron chi connectivity index (χ2n) is 6.94. The van der Waals surface area contributed by atoms with Crippen molar-refractivity contribution in [1.29, 1.82) is 0 Å². The van der Waals surface area contributed by atoms with E-state index in [0.717, 1.165) is 50.5 Å². The van der Waals surface area contributed by atoms with E-state index in [-0.39, 0.29) is 12.5 Å². The topological polar surface area (TPSA) is 42.0 Å². The molecule has 1 fully saturated rings. The van der Waals surface area contributed by atoms with Crippen LogP contribution in [0.3, 0.4) is 0 Å². The number of benzene rings is 2. The van der Waals surface area contributed by atoms with Crippen molar-refractivity contribution >= 4 is 17.5 Å². The van der Waals surface area contributed by atoms with E-state index in [0.29, 0.717) is 11.6 Å². The van der Waals surface area contributed by atoms with Crippen molar-refractivity contribution in [2.24, 2.45) is 0 Å². The molecule has 28 heavy (non-hydrogen) atoms. The monoisotopic (exact) mass is 402 g/mol. The van der Waals surface area contributed by atoms with Crippen molar-refractivity contribution < 1.29 is 14.3 Å². The van der Waals surface area contributed by atoms with Crippen molar-refractivity contribution in [3.05, 3.63) is 64.7 Å². The Labute approximate surface area is 171 Å². The zero-order chi connectivity index (χ0) is 19.8. The minimum absolute atomic E-state index is 0.0401. The molecule has 0 bridgehead atoms. The Kier molecular flexibility index (Phi) is 7.71. The molecule has 5 nitrogen and oxygen atoms in total. The van der Waals surface area contributed by atoms with Crippen LogP contribution in [0.2, 0.25) is 5.02 Å². The summed E-state index contributed by atoms with van der Waals surface area (Å²) < 4.78 is 10.8. The average Bonchev–Trinajstić information content (AvgIpc) is 2.95. The number of carbonyl (C=O) groups is 1. The summed E-state index contributed by atoms with van der Waals surface area (Å²) in [5, 5.41) is 0.666. The minimum atomic E-state index is 0.0401. The second kappa shape index (κ2) is 10.5. The van der Waals surface area contributed by atoms with E-state index in [1.807, 2.05) is 41.3 Å². The highest BCUT2D eigenvalue weighted by Gasteiger charge is 2.19. The van der Waals surface area contributed by atoms with Crippen LogP contribution in [0.1, 0.15) is 17.5 Å². The lowest BCUT2D eigenvalue weighted by Gasteiger charge is -2.22. The van der Waals surface area contributed by atoms with Crippen LogP contribution in [0.4, 0.5) is 0 Å². The van der Waals surface area contributed by atoms with Gasteiger partial charge in [-0.3, -0.25) is 9.69 Å². The molecule has 0 radical (unpaired) electrons. The molecule has 0 saturated carbocycles. The Morgan fingerprint density at radius 2 is 1.82 bits per heavy atom. The summed E-state index contributed by atoms with van der Waals surface area (Å²) in [7, 11) is 1.67. The van der Waals surface area contributed by atoms with Gasteiger partial charge >= 0.3 is 0 Å². The van der Waals surface area contributed by atoms with Gasteiger partial charge in [-0.1, -0.05) is 41.9 Å². The summed E-state index contributed by atoms with van der Waals surface area (Å²) in [5.74, 6) is 0.909. The van der Waals surface area contributed by atoms with Crippen molar-refractivity contribution in [1.82, 2.24) is 9.80 Å². The van der Waals surface area contributed by atoms with Gasteiger partial charge < -0.3 is 14.4 Å². The van der Waals surface area contributed by atoms with Gasteiger partial charge in [0.1, 0.15) is 12.4 Å². The molecule has 6 heteroatoms. The molecule has 0 aromatic heterocycles. The van der Waals surface area contributed by atoms with Gasteiger partial charge in [0, 0.05) is 37.7 Å². The summed E-state index contributed by atoms with van der Waals surface area (Å²) in [6.07, 6.45) is 0.965. The first-order valence-corrected chi connectivity index (χ1v) is 9.97. The molecular formula is C22H27ClN2O3. The second-order valence-corrected chi connectivity index (χ2v) is 7.35. The number of methoxy groups -OCH3 is 1. The Bertz CT molecular complexity index is 767. The summed E-state index contributed by atoms with van der Waals surface area (Å²) >= 11 is 6.12. The molecule has 1 aliphatic heterocycles. The Morgan fingerprint density at radius 1 is 1.04 bits per heavy atom. The van der Waals surface area contributed by atoms with E-state index >= 15 is 0 Å². The quantitative estimate of drug-likeness (QED) is 0.709. The molecule has 0 unspecified atom stereocenters. The van der Waals surface area contributed by atoms with Crippen LogP contribution >= 0.6 is 11.6 Å². The summed E-state index contributed by atoms with van der Waals surface area (Å²) in [6.45, 7) is 4.66. The van der Waals surface area contributed by atoms with E-state index in [1.54, 1.807) is 7.11 Å². The average molecular weight is 403 g/mol. The van der Waals surface area contributed by atoms with Gasteiger partial charge in [0.25, 0.3) is 0 Å². The van der Waals surface area contributed by atoms with E-state index in [1.165, 1.54) is 5.56 Å². The molecule has 2 aromatic carbocycles. The zero-order valence-electron chi connectivity index (χ0n) is 16.3. The largest absolute Gasteiger partial charge is 0.497 e. The van der Waals surface area contributed by atoms with Gasteiger partial charge in [-0.05, 0) is 35.7 Å². The lowest BCUT2D eigenvalue weighted by Crippen LogP contribution is -2.37. The fourth-order valence-electron chi connectivity index (χ4n) is 3.32. The van der Waals surface area contributed by atoms with Crippen LogP contribution in [-0.2, 0) is 22.7 Å². The molecule has 1 amide bonds. The molecular weight excluding hydrogens is 376 g/mol. The van der Waals surface area contributed by atoms with Crippen LogP contribution < -0.4 is 4.74 Å². The van der Waals surface area contributed by atoms with Crippen molar-refractivity contribution in [2.45, 2.75) is 19.6 Å². The first-order valence-electron chi connectivity index (χ1n) is 9.60. The highest BCUT2D eigenvalue weighted by Crippen LogP contribution is 2.16. The molecule has 1 aliphatic rings. The van der Waals surface area contributed by atoms with Crippen LogP contribution in [0.15, 0.2) is 48.5 Å². The lowest BCUT2D eigenvalue weighted by molar-refractivity contribution is -0.136. The molecule has 1 saturated heterocycles. The third-order valence-electron chi connectivity index (χ3n) is 4.95. The van der Waals surface area contributed by atoms with Crippen LogP contribution in [0.25, 0.3) is 0 Å². The predicted octanol–water partition coefficient (Wildman–Crippen LogP) is 3.60. The highest BCUT2D eigenvalue weighted by atomic mass is 35.5. The first kappa shape index (κ1) is 20.6. The number of carbonyl (C=O) groups excluding carboxylic acids is 1. The third kappa shape index (κ3) is 5.96. The molecule has 0 aliphatic carbocycles. The van der Waals surface area contributed by atoms with E-state index in [9.17, 15) is 4.79 Å². The summed E-state index contributed by atoms with van der Waals surface area (Å²) in [5.41, 5.74) is 2.15. The van der Waals surface area contributed by atoms with Crippen LogP contribution in [-0.4, -0.2) is 55.6 Å². The molecule has 150 valence electrons. The Balaban J connectivity index is 1.43. The zero-order valence-corrected chi connectivity index (χ0v) is 17.0. The van der Waals surface area contributed by atoms with Gasteiger partial charge in [-0.15, -0.1) is 0 Å². The van der Waals surface area contributed by atoms with Crippen LogP contribution in [0, 0.1) is 0 Å². The third-order valence-corrected chi connectivity index (χ3v) is 5.32. The number of ether oxygens (including phenoxy) is 2. The van der Waals surface area contributed by atoms with Crippen LogP contribution in [0.5, 0.6) is 5.75 Å². The van der Waals surface area contributed by atoms with Crippen molar-refractivity contribution in [3.8, 4) is 5.75 Å². The van der Waals surface area contributed by atoms with Gasteiger partial charge in [-0.2, -0.15) is 0 Å². The number of amides is 1.